The van der Waals surface area contributed by atoms with Crippen molar-refractivity contribution in [3.8, 4) is 11.1 Å². The fraction of sp³-hybridized carbons (Fsp3) is 0.176. The lowest BCUT2D eigenvalue weighted by Gasteiger charge is -2.16. The fourth-order valence-electron chi connectivity index (χ4n) is 2.70. The smallest absolute Gasteiger partial charge is 0.396 e. The van der Waals surface area contributed by atoms with Crippen LogP contribution in [0.1, 0.15) is 5.69 Å². The molecule has 26 heavy (non-hydrogen) atoms. The molecule has 0 saturated heterocycles. The average molecular weight is 369 g/mol. The molecule has 0 unspecified atom stereocenters. The number of alkyl halides is 3. The molecular weight excluding hydrogens is 357 g/mol. The van der Waals surface area contributed by atoms with Gasteiger partial charge in [0, 0.05) is 17.3 Å². The maximum atomic E-state index is 14.3. The fourth-order valence-corrected chi connectivity index (χ4v) is 2.70. The number of aryl methyl sites for hydroxylation is 1. The Morgan fingerprint density at radius 2 is 1.88 bits per heavy atom. The minimum atomic E-state index is -4.71. The lowest BCUT2D eigenvalue weighted by Crippen LogP contribution is -2.29. The molecule has 4 nitrogen and oxygen atoms in total. The molecule has 2 N–H and O–H groups in total. The Kier molecular flexibility index (Phi) is 4.17. The third kappa shape index (κ3) is 3.12. The maximum absolute atomic E-state index is 14.3. The molecule has 0 bridgehead atoms. The second-order valence-corrected chi connectivity index (χ2v) is 5.77. The van der Waals surface area contributed by atoms with Crippen molar-refractivity contribution in [3.63, 3.8) is 0 Å². The molecule has 0 fully saturated rings. The molecular formula is C17H12F5N3O. The number of nitrogen functional groups attached to an aromatic ring is 1. The lowest BCUT2D eigenvalue weighted by molar-refractivity contribution is -0.140. The van der Waals surface area contributed by atoms with E-state index < -0.39 is 46.7 Å². The largest absolute Gasteiger partial charge is 0.406 e. The van der Waals surface area contributed by atoms with Crippen LogP contribution in [0.25, 0.3) is 22.0 Å². The Morgan fingerprint density at radius 3 is 2.54 bits per heavy atom. The summed E-state index contributed by atoms with van der Waals surface area (Å²) in [4.78, 5) is 16.6. The molecule has 2 aromatic heterocycles. The SMILES string of the molecule is Cc1cc2c(cn1)cc(-c1c(F)ccc(N)c1F)c(=O)n2CC(F)(F)F. The highest BCUT2D eigenvalue weighted by Crippen LogP contribution is 2.30. The molecule has 0 aliphatic carbocycles. The quantitative estimate of drug-likeness (QED) is 0.552. The van der Waals surface area contributed by atoms with Crippen LogP contribution in [0.2, 0.25) is 0 Å². The van der Waals surface area contributed by atoms with Crippen LogP contribution < -0.4 is 11.3 Å². The monoisotopic (exact) mass is 369 g/mol. The third-order valence-corrected chi connectivity index (χ3v) is 3.84. The molecule has 0 aliphatic heterocycles. The van der Waals surface area contributed by atoms with Crippen molar-refractivity contribution < 1.29 is 22.0 Å². The second kappa shape index (κ2) is 6.08. The Balaban J connectivity index is 2.43. The highest BCUT2D eigenvalue weighted by molar-refractivity contribution is 5.84. The summed E-state index contributed by atoms with van der Waals surface area (Å²) in [6.07, 6.45) is -3.47. The van der Waals surface area contributed by atoms with E-state index in [4.69, 9.17) is 5.73 Å². The Hall–Kier alpha value is -2.97. The number of hydrogen-bond donors (Lipinski definition) is 1. The summed E-state index contributed by atoms with van der Waals surface area (Å²) in [6.45, 7) is -0.0574. The van der Waals surface area contributed by atoms with Crippen molar-refractivity contribution in [2.24, 2.45) is 0 Å². The van der Waals surface area contributed by atoms with Gasteiger partial charge in [0.25, 0.3) is 5.56 Å². The Bertz CT molecular complexity index is 1070. The number of benzene rings is 1. The topological polar surface area (TPSA) is 60.9 Å². The molecule has 1 aromatic carbocycles. The van der Waals surface area contributed by atoms with Crippen molar-refractivity contribution in [2.45, 2.75) is 19.6 Å². The molecule has 0 radical (unpaired) electrons. The molecule has 0 aliphatic rings. The summed E-state index contributed by atoms with van der Waals surface area (Å²) in [5.74, 6) is -2.31. The van der Waals surface area contributed by atoms with Crippen LogP contribution in [0.5, 0.6) is 0 Å². The summed E-state index contributed by atoms with van der Waals surface area (Å²) < 4.78 is 67.8. The summed E-state index contributed by atoms with van der Waals surface area (Å²) in [5.41, 5.74) is 2.83. The van der Waals surface area contributed by atoms with E-state index in [-0.39, 0.29) is 10.9 Å². The van der Waals surface area contributed by atoms with Crippen molar-refractivity contribution in [1.29, 1.82) is 0 Å². The number of hydrogen-bond acceptors (Lipinski definition) is 3. The zero-order valence-electron chi connectivity index (χ0n) is 13.4. The molecule has 136 valence electrons. The van der Waals surface area contributed by atoms with Crippen LogP contribution in [0, 0.1) is 18.6 Å². The number of pyridine rings is 2. The molecule has 3 rings (SSSR count). The van der Waals surface area contributed by atoms with Gasteiger partial charge in [-0.3, -0.25) is 14.3 Å². The van der Waals surface area contributed by atoms with Crippen molar-refractivity contribution in [1.82, 2.24) is 9.55 Å². The molecule has 9 heteroatoms. The number of fused-ring (bicyclic) bond motifs is 1. The van der Waals surface area contributed by atoms with Crippen molar-refractivity contribution >= 4 is 16.6 Å². The number of nitrogens with two attached hydrogens (primary N) is 1. The van der Waals surface area contributed by atoms with Gasteiger partial charge in [-0.1, -0.05) is 0 Å². The third-order valence-electron chi connectivity index (χ3n) is 3.84. The van der Waals surface area contributed by atoms with Gasteiger partial charge < -0.3 is 5.73 Å². The van der Waals surface area contributed by atoms with E-state index in [1.165, 1.54) is 12.3 Å². The van der Waals surface area contributed by atoms with E-state index in [1.807, 2.05) is 0 Å². The minimum absolute atomic E-state index is 0.0340. The van der Waals surface area contributed by atoms with Gasteiger partial charge in [0.05, 0.1) is 22.3 Å². The van der Waals surface area contributed by atoms with E-state index >= 15 is 0 Å². The van der Waals surface area contributed by atoms with Gasteiger partial charge >= 0.3 is 6.18 Å². The van der Waals surface area contributed by atoms with E-state index in [9.17, 15) is 26.7 Å². The van der Waals surface area contributed by atoms with E-state index in [2.05, 4.69) is 4.98 Å². The van der Waals surface area contributed by atoms with Gasteiger partial charge in [-0.05, 0) is 31.2 Å². The van der Waals surface area contributed by atoms with Crippen LogP contribution in [0.15, 0.2) is 35.3 Å². The number of anilines is 1. The first-order chi connectivity index (χ1) is 12.1. The summed E-state index contributed by atoms with van der Waals surface area (Å²) in [6, 6.07) is 4.23. The molecule has 0 amide bonds. The Labute approximate surface area is 143 Å². The van der Waals surface area contributed by atoms with Crippen LogP contribution >= 0.6 is 0 Å². The number of aromatic nitrogens is 2. The second-order valence-electron chi connectivity index (χ2n) is 5.77. The van der Waals surface area contributed by atoms with E-state index in [1.54, 1.807) is 6.92 Å². The number of halogens is 5. The van der Waals surface area contributed by atoms with Gasteiger partial charge in [-0.25, -0.2) is 8.78 Å². The van der Waals surface area contributed by atoms with Gasteiger partial charge in [-0.2, -0.15) is 13.2 Å². The normalized spacial score (nSPS) is 11.9. The van der Waals surface area contributed by atoms with Gasteiger partial charge in [0.1, 0.15) is 12.4 Å². The van der Waals surface area contributed by atoms with Crippen LogP contribution in [0.3, 0.4) is 0 Å². The zero-order chi connectivity index (χ0) is 19.2. The molecule has 0 atom stereocenters. The van der Waals surface area contributed by atoms with Crippen LogP contribution in [0.4, 0.5) is 27.6 Å². The summed E-state index contributed by atoms with van der Waals surface area (Å²) in [7, 11) is 0. The molecule has 3 aromatic rings. The van der Waals surface area contributed by atoms with Crippen molar-refractivity contribution in [3.05, 3.63) is 58.1 Å². The number of nitrogens with zero attached hydrogens (tertiary/aromatic N) is 2. The molecule has 0 spiro atoms. The Morgan fingerprint density at radius 1 is 1.19 bits per heavy atom. The predicted octanol–water partition coefficient (Wildman–Crippen LogP) is 3.79. The first-order valence-electron chi connectivity index (χ1n) is 7.39. The minimum Gasteiger partial charge on any atom is -0.396 e. The summed E-state index contributed by atoms with van der Waals surface area (Å²) >= 11 is 0. The van der Waals surface area contributed by atoms with Gasteiger partial charge in [0.15, 0.2) is 5.82 Å². The van der Waals surface area contributed by atoms with Crippen molar-refractivity contribution in [2.75, 3.05) is 5.73 Å². The first kappa shape index (κ1) is 17.8. The van der Waals surface area contributed by atoms with Gasteiger partial charge in [0.2, 0.25) is 0 Å². The highest BCUT2D eigenvalue weighted by Gasteiger charge is 2.30. The van der Waals surface area contributed by atoms with Crippen LogP contribution in [-0.4, -0.2) is 15.7 Å². The lowest BCUT2D eigenvalue weighted by atomic mass is 10.0. The highest BCUT2D eigenvalue weighted by atomic mass is 19.4. The van der Waals surface area contributed by atoms with Gasteiger partial charge in [-0.15, -0.1) is 0 Å². The van der Waals surface area contributed by atoms with Crippen LogP contribution in [-0.2, 0) is 6.54 Å². The average Bonchev–Trinajstić information content (AvgIpc) is 2.54. The number of rotatable bonds is 2. The standard InChI is InChI=1S/C17H12F5N3O/c1-8-4-13-9(6-24-8)5-10(16(26)25(13)7-17(20,21)22)14-11(18)2-3-12(23)15(14)19/h2-6H,7,23H2,1H3. The maximum Gasteiger partial charge on any atom is 0.406 e. The predicted molar refractivity (Wildman–Crippen MR) is 86.6 cm³/mol. The van der Waals surface area contributed by atoms with E-state index in [0.29, 0.717) is 10.3 Å². The van der Waals surface area contributed by atoms with E-state index in [0.717, 1.165) is 18.2 Å². The summed E-state index contributed by atoms with van der Waals surface area (Å²) in [5, 5.41) is 0.135. The first-order valence-corrected chi connectivity index (χ1v) is 7.39. The molecule has 0 saturated carbocycles. The molecule has 2 heterocycles. The zero-order valence-corrected chi connectivity index (χ0v) is 13.4.